The van der Waals surface area contributed by atoms with Crippen LogP contribution in [0.3, 0.4) is 0 Å². The molecular formula is C13H11FNPt-. The molecule has 1 aromatic carbocycles. The van der Waals surface area contributed by atoms with Gasteiger partial charge >= 0.3 is 0 Å². The van der Waals surface area contributed by atoms with E-state index in [-0.39, 0.29) is 26.9 Å². The Morgan fingerprint density at radius 1 is 1.31 bits per heavy atom. The first-order chi connectivity index (χ1) is 7.29. The van der Waals surface area contributed by atoms with Gasteiger partial charge in [0.05, 0.1) is 0 Å². The number of hydrogen-bond acceptors (Lipinski definition) is 1. The van der Waals surface area contributed by atoms with Crippen LogP contribution in [-0.4, -0.2) is 4.98 Å². The van der Waals surface area contributed by atoms with Gasteiger partial charge in [0, 0.05) is 33.1 Å². The van der Waals surface area contributed by atoms with E-state index in [0.717, 1.165) is 12.1 Å². The van der Waals surface area contributed by atoms with E-state index in [1.54, 1.807) is 12.3 Å². The summed E-state index contributed by atoms with van der Waals surface area (Å²) in [6.45, 7) is 2.08. The third-order valence-electron chi connectivity index (χ3n) is 2.27. The molecule has 0 spiro atoms. The molecule has 1 heterocycles. The van der Waals surface area contributed by atoms with Gasteiger partial charge in [-0.3, -0.25) is 0 Å². The number of hydrogen-bond donors (Lipinski definition) is 0. The topological polar surface area (TPSA) is 12.9 Å². The van der Waals surface area contributed by atoms with Gasteiger partial charge in [-0.1, -0.05) is 18.6 Å². The third kappa shape index (κ3) is 2.99. The van der Waals surface area contributed by atoms with Gasteiger partial charge in [0.25, 0.3) is 0 Å². The van der Waals surface area contributed by atoms with E-state index in [2.05, 4.69) is 18.0 Å². The van der Waals surface area contributed by atoms with Crippen LogP contribution in [0, 0.1) is 11.9 Å². The van der Waals surface area contributed by atoms with Crippen molar-refractivity contribution in [3.63, 3.8) is 0 Å². The van der Waals surface area contributed by atoms with Crippen LogP contribution in [0.15, 0.2) is 36.5 Å². The van der Waals surface area contributed by atoms with E-state index in [1.807, 2.05) is 12.1 Å². The first-order valence-electron chi connectivity index (χ1n) is 4.92. The van der Waals surface area contributed by atoms with E-state index >= 15 is 0 Å². The van der Waals surface area contributed by atoms with Crippen LogP contribution in [-0.2, 0) is 27.5 Å². The van der Waals surface area contributed by atoms with Crippen LogP contribution in [0.4, 0.5) is 4.39 Å². The largest absolute Gasteiger partial charge is 0.305 e. The molecule has 0 N–H and O–H groups in total. The summed E-state index contributed by atoms with van der Waals surface area (Å²) in [5.74, 6) is -0.257. The molecule has 3 heteroatoms. The van der Waals surface area contributed by atoms with Crippen molar-refractivity contribution in [1.82, 2.24) is 4.98 Å². The van der Waals surface area contributed by atoms with E-state index < -0.39 is 0 Å². The van der Waals surface area contributed by atoms with Gasteiger partial charge in [-0.2, -0.15) is 0 Å². The fourth-order valence-electron chi connectivity index (χ4n) is 1.43. The fraction of sp³-hybridized carbons (Fsp3) is 0.154. The normalized spacial score (nSPS) is 9.62. The molecule has 0 atom stereocenters. The molecule has 0 fully saturated rings. The molecule has 0 aliphatic heterocycles. The monoisotopic (exact) mass is 395 g/mol. The van der Waals surface area contributed by atoms with Gasteiger partial charge < -0.3 is 4.98 Å². The van der Waals surface area contributed by atoms with E-state index in [0.29, 0.717) is 5.56 Å². The summed E-state index contributed by atoms with van der Waals surface area (Å²) in [6.07, 6.45) is 2.69. The molecule has 1 nitrogen and oxygen atoms in total. The van der Waals surface area contributed by atoms with E-state index in [4.69, 9.17) is 0 Å². The predicted octanol–water partition coefficient (Wildman–Crippen LogP) is 3.25. The van der Waals surface area contributed by atoms with Crippen molar-refractivity contribution in [1.29, 1.82) is 0 Å². The van der Waals surface area contributed by atoms with Crippen LogP contribution in [0.25, 0.3) is 11.3 Å². The maximum atomic E-state index is 13.0. The molecule has 86 valence electrons. The maximum Gasteiger partial charge on any atom is 0.0418 e. The Morgan fingerprint density at radius 3 is 2.81 bits per heavy atom. The molecule has 2 rings (SSSR count). The molecular weight excluding hydrogens is 384 g/mol. The number of aryl methyl sites for hydroxylation is 1. The Morgan fingerprint density at radius 2 is 2.12 bits per heavy atom. The second kappa shape index (κ2) is 5.91. The Kier molecular flexibility index (Phi) is 4.82. The summed E-state index contributed by atoms with van der Waals surface area (Å²) >= 11 is 0. The smallest absolute Gasteiger partial charge is 0.0418 e. The van der Waals surface area contributed by atoms with Gasteiger partial charge in [0.2, 0.25) is 0 Å². The van der Waals surface area contributed by atoms with Crippen LogP contribution in [0.5, 0.6) is 0 Å². The molecule has 0 amide bonds. The van der Waals surface area contributed by atoms with Crippen molar-refractivity contribution in [2.75, 3.05) is 0 Å². The summed E-state index contributed by atoms with van der Waals surface area (Å²) in [6, 6.07) is 11.3. The molecule has 16 heavy (non-hydrogen) atoms. The zero-order chi connectivity index (χ0) is 10.7. The molecule has 0 saturated carbocycles. The van der Waals surface area contributed by atoms with Crippen LogP contribution in [0.2, 0.25) is 0 Å². The summed E-state index contributed by atoms with van der Waals surface area (Å²) in [5.41, 5.74) is 2.66. The van der Waals surface area contributed by atoms with Gasteiger partial charge in [-0.15, -0.1) is 29.8 Å². The minimum Gasteiger partial charge on any atom is -0.305 e. The Bertz CT molecular complexity index is 471. The Balaban J connectivity index is 0.00000128. The van der Waals surface area contributed by atoms with Gasteiger partial charge in [-0.25, -0.2) is 4.39 Å². The van der Waals surface area contributed by atoms with Gasteiger partial charge in [-0.05, 0) is 18.2 Å². The van der Waals surface area contributed by atoms with Crippen LogP contribution in [0.1, 0.15) is 12.5 Å². The second-order valence-electron chi connectivity index (χ2n) is 3.32. The summed E-state index contributed by atoms with van der Waals surface area (Å²) in [7, 11) is 0. The molecule has 0 aliphatic carbocycles. The molecule has 2 aromatic rings. The average molecular weight is 395 g/mol. The molecule has 0 bridgehead atoms. The van der Waals surface area contributed by atoms with Gasteiger partial charge in [0.15, 0.2) is 0 Å². The molecule has 1 aromatic heterocycles. The minimum absolute atomic E-state index is 0. The summed E-state index contributed by atoms with van der Waals surface area (Å²) in [4.78, 5) is 4.20. The number of aromatic nitrogens is 1. The van der Waals surface area contributed by atoms with Gasteiger partial charge in [0.1, 0.15) is 0 Å². The van der Waals surface area contributed by atoms with Crippen LogP contribution < -0.4 is 0 Å². The van der Waals surface area contributed by atoms with Crippen molar-refractivity contribution in [3.8, 4) is 11.3 Å². The first-order valence-corrected chi connectivity index (χ1v) is 4.92. The SMILES string of the molecule is CCc1ccnc(-c2[c-]ccc(F)c2)c1.[Pt]. The zero-order valence-corrected chi connectivity index (χ0v) is 11.1. The molecule has 0 saturated heterocycles. The predicted molar refractivity (Wildman–Crippen MR) is 57.8 cm³/mol. The molecule has 0 radical (unpaired) electrons. The van der Waals surface area contributed by atoms with Crippen molar-refractivity contribution in [2.24, 2.45) is 0 Å². The van der Waals surface area contributed by atoms with Crippen LogP contribution >= 0.6 is 0 Å². The standard InChI is InChI=1S/C13H11FN.Pt/c1-2-10-6-7-15-13(8-10)11-4-3-5-12(14)9-11;/h3,5-9H,2H2,1H3;/q-1;. The number of rotatable bonds is 2. The Labute approximate surface area is 109 Å². The van der Waals surface area contributed by atoms with Crippen molar-refractivity contribution >= 4 is 0 Å². The molecule has 0 aliphatic rings. The summed E-state index contributed by atoms with van der Waals surface area (Å²) in [5, 5.41) is 0. The van der Waals surface area contributed by atoms with E-state index in [1.165, 1.54) is 17.7 Å². The number of pyridine rings is 1. The average Bonchev–Trinajstić information content (AvgIpc) is 2.29. The number of nitrogens with zero attached hydrogens (tertiary/aromatic N) is 1. The Hall–Kier alpha value is -1.01. The quantitative estimate of drug-likeness (QED) is 0.712. The maximum absolute atomic E-state index is 13.0. The second-order valence-corrected chi connectivity index (χ2v) is 3.32. The first kappa shape index (κ1) is 13.1. The third-order valence-corrected chi connectivity index (χ3v) is 2.27. The minimum atomic E-state index is -0.257. The van der Waals surface area contributed by atoms with Crippen molar-refractivity contribution in [2.45, 2.75) is 13.3 Å². The number of halogens is 1. The van der Waals surface area contributed by atoms with Crippen molar-refractivity contribution in [3.05, 3.63) is 54.0 Å². The van der Waals surface area contributed by atoms with Crippen molar-refractivity contribution < 1.29 is 25.5 Å². The van der Waals surface area contributed by atoms with E-state index in [9.17, 15) is 4.39 Å². The zero-order valence-electron chi connectivity index (χ0n) is 8.81. The molecule has 0 unspecified atom stereocenters. The number of benzene rings is 1. The summed E-state index contributed by atoms with van der Waals surface area (Å²) < 4.78 is 13.0. The fourth-order valence-corrected chi connectivity index (χ4v) is 1.43.